The van der Waals surface area contributed by atoms with Gasteiger partial charge in [0.25, 0.3) is 0 Å². The van der Waals surface area contributed by atoms with Crippen LogP contribution in [0.15, 0.2) is 45.8 Å². The number of piperazine rings is 1. The topological polar surface area (TPSA) is 44.4 Å². The third-order valence-electron chi connectivity index (χ3n) is 4.02. The summed E-state index contributed by atoms with van der Waals surface area (Å²) in [7, 11) is 0. The van der Waals surface area contributed by atoms with Crippen LogP contribution in [-0.2, 0) is 4.79 Å². The number of allylic oxidation sites excluding steroid dienone is 3. The first-order valence-corrected chi connectivity index (χ1v) is 8.10. The quantitative estimate of drug-likeness (QED) is 0.833. The number of hydrogen-bond donors (Lipinski definition) is 2. The highest BCUT2D eigenvalue weighted by Crippen LogP contribution is 2.44. The second-order valence-electron chi connectivity index (χ2n) is 5.46. The molecule has 1 fully saturated rings. The Labute approximate surface area is 128 Å². The molecule has 108 valence electrons. The number of carbonyl (C=O) groups is 1. The highest BCUT2D eigenvalue weighted by molar-refractivity contribution is 8.03. The van der Waals surface area contributed by atoms with Crippen LogP contribution in [0.5, 0.6) is 0 Å². The molecular formula is C16H17N3OS. The molecule has 2 heterocycles. The maximum atomic E-state index is 11.6. The highest BCUT2D eigenvalue weighted by Gasteiger charge is 2.22. The second kappa shape index (κ2) is 5.24. The molecule has 1 aromatic rings. The van der Waals surface area contributed by atoms with Crippen molar-refractivity contribution >= 4 is 28.9 Å². The minimum Gasteiger partial charge on any atom is -0.369 e. The number of rotatable bonds is 1. The summed E-state index contributed by atoms with van der Waals surface area (Å²) < 4.78 is 0. The Hall–Kier alpha value is -1.72. The van der Waals surface area contributed by atoms with Crippen LogP contribution in [0.2, 0.25) is 0 Å². The number of ketones is 1. The molecule has 0 saturated carbocycles. The van der Waals surface area contributed by atoms with Crippen molar-refractivity contribution in [3.05, 3.63) is 41.0 Å². The maximum Gasteiger partial charge on any atom is 0.160 e. The molecular weight excluding hydrogens is 282 g/mol. The third-order valence-corrected chi connectivity index (χ3v) is 5.19. The molecule has 4 nitrogen and oxygen atoms in total. The molecule has 5 heteroatoms. The van der Waals surface area contributed by atoms with E-state index < -0.39 is 0 Å². The van der Waals surface area contributed by atoms with Crippen LogP contribution in [0.4, 0.5) is 11.4 Å². The molecule has 4 rings (SSSR count). The Bertz CT molecular complexity index is 659. The first kappa shape index (κ1) is 13.0. The molecule has 0 radical (unpaired) electrons. The summed E-state index contributed by atoms with van der Waals surface area (Å²) >= 11 is 1.73. The van der Waals surface area contributed by atoms with Gasteiger partial charge >= 0.3 is 0 Å². The molecule has 0 amide bonds. The summed E-state index contributed by atoms with van der Waals surface area (Å²) in [6.45, 7) is 4.17. The number of benzene rings is 1. The summed E-state index contributed by atoms with van der Waals surface area (Å²) in [5.74, 6) is 0.185. The smallest absolute Gasteiger partial charge is 0.160 e. The molecule has 3 aliphatic rings. The standard InChI is InChI=1S/C16H17N3OS/c20-12-2-4-14-16(10-12)21-15-9-11(1-3-13(15)18-14)19-7-5-17-6-8-19/h1-4,9,17-18H,5-8,10H2. The van der Waals surface area contributed by atoms with Gasteiger partial charge in [0.15, 0.2) is 5.78 Å². The van der Waals surface area contributed by atoms with Crippen molar-refractivity contribution in [2.75, 3.05) is 36.4 Å². The van der Waals surface area contributed by atoms with Gasteiger partial charge in [-0.3, -0.25) is 4.79 Å². The number of fused-ring (bicyclic) bond motifs is 1. The first-order chi connectivity index (χ1) is 10.3. The lowest BCUT2D eigenvalue weighted by atomic mass is 10.1. The molecule has 0 spiro atoms. The van der Waals surface area contributed by atoms with Crippen LogP contribution in [0.3, 0.4) is 0 Å². The molecule has 1 aliphatic carbocycles. The summed E-state index contributed by atoms with van der Waals surface area (Å²) in [5.41, 5.74) is 3.48. The minimum atomic E-state index is 0.185. The van der Waals surface area contributed by atoms with E-state index in [0.717, 1.165) is 42.5 Å². The summed E-state index contributed by atoms with van der Waals surface area (Å²) in [5, 5.41) is 6.82. The zero-order valence-electron chi connectivity index (χ0n) is 11.7. The number of carbonyl (C=O) groups excluding carboxylic acids is 1. The zero-order chi connectivity index (χ0) is 14.2. The number of nitrogens with one attached hydrogen (secondary N) is 2. The average molecular weight is 299 g/mol. The van der Waals surface area contributed by atoms with Gasteiger partial charge in [0, 0.05) is 53.8 Å². The van der Waals surface area contributed by atoms with Crippen LogP contribution >= 0.6 is 11.8 Å². The van der Waals surface area contributed by atoms with E-state index in [1.54, 1.807) is 17.8 Å². The predicted octanol–water partition coefficient (Wildman–Crippen LogP) is 2.35. The fraction of sp³-hybridized carbons (Fsp3) is 0.312. The third kappa shape index (κ3) is 2.47. The number of nitrogens with zero attached hydrogens (tertiary/aromatic N) is 1. The monoisotopic (exact) mass is 299 g/mol. The van der Waals surface area contributed by atoms with Crippen LogP contribution in [0.25, 0.3) is 0 Å². The Balaban J connectivity index is 1.62. The van der Waals surface area contributed by atoms with Gasteiger partial charge in [-0.05, 0) is 30.4 Å². The van der Waals surface area contributed by atoms with E-state index >= 15 is 0 Å². The van der Waals surface area contributed by atoms with E-state index in [1.807, 2.05) is 6.08 Å². The molecule has 1 aromatic carbocycles. The average Bonchev–Trinajstić information content (AvgIpc) is 2.53. The van der Waals surface area contributed by atoms with Crippen LogP contribution in [0, 0.1) is 0 Å². The Kier molecular flexibility index (Phi) is 3.24. The predicted molar refractivity (Wildman–Crippen MR) is 86.8 cm³/mol. The van der Waals surface area contributed by atoms with Gasteiger partial charge < -0.3 is 15.5 Å². The fourth-order valence-electron chi connectivity index (χ4n) is 2.88. The normalized spacial score (nSPS) is 21.0. The van der Waals surface area contributed by atoms with E-state index in [2.05, 4.69) is 33.7 Å². The van der Waals surface area contributed by atoms with Gasteiger partial charge in [0.2, 0.25) is 0 Å². The molecule has 0 bridgehead atoms. The second-order valence-corrected chi connectivity index (χ2v) is 6.59. The molecule has 1 saturated heterocycles. The van der Waals surface area contributed by atoms with Crippen molar-refractivity contribution in [2.45, 2.75) is 11.3 Å². The highest BCUT2D eigenvalue weighted by atomic mass is 32.2. The van der Waals surface area contributed by atoms with Crippen molar-refractivity contribution in [3.8, 4) is 0 Å². The van der Waals surface area contributed by atoms with Crippen LogP contribution < -0.4 is 15.5 Å². The Morgan fingerprint density at radius 1 is 1.14 bits per heavy atom. The molecule has 2 N–H and O–H groups in total. The molecule has 21 heavy (non-hydrogen) atoms. The van der Waals surface area contributed by atoms with Crippen molar-refractivity contribution in [1.82, 2.24) is 5.32 Å². The van der Waals surface area contributed by atoms with Gasteiger partial charge in [-0.2, -0.15) is 0 Å². The molecule has 0 aromatic heterocycles. The van der Waals surface area contributed by atoms with E-state index in [9.17, 15) is 4.79 Å². The number of hydrogen-bond acceptors (Lipinski definition) is 5. The van der Waals surface area contributed by atoms with Crippen molar-refractivity contribution in [2.24, 2.45) is 0 Å². The lowest BCUT2D eigenvalue weighted by molar-refractivity contribution is -0.114. The van der Waals surface area contributed by atoms with E-state index in [4.69, 9.17) is 0 Å². The molecule has 0 atom stereocenters. The summed E-state index contributed by atoms with van der Waals surface area (Å²) in [4.78, 5) is 16.3. The lowest BCUT2D eigenvalue weighted by Gasteiger charge is -2.31. The molecule has 2 aliphatic heterocycles. The zero-order valence-corrected chi connectivity index (χ0v) is 12.5. The fourth-order valence-corrected chi connectivity index (χ4v) is 4.00. The van der Waals surface area contributed by atoms with Crippen molar-refractivity contribution in [1.29, 1.82) is 0 Å². The Morgan fingerprint density at radius 2 is 2.00 bits per heavy atom. The maximum absolute atomic E-state index is 11.6. The van der Waals surface area contributed by atoms with E-state index in [-0.39, 0.29) is 5.78 Å². The van der Waals surface area contributed by atoms with Crippen molar-refractivity contribution < 1.29 is 4.79 Å². The summed E-state index contributed by atoms with van der Waals surface area (Å²) in [6.07, 6.45) is 4.06. The van der Waals surface area contributed by atoms with Crippen molar-refractivity contribution in [3.63, 3.8) is 0 Å². The van der Waals surface area contributed by atoms with Gasteiger partial charge in [-0.15, -0.1) is 0 Å². The Morgan fingerprint density at radius 3 is 2.86 bits per heavy atom. The number of thioether (sulfide) groups is 1. The number of anilines is 2. The summed E-state index contributed by atoms with van der Waals surface area (Å²) in [6, 6.07) is 6.57. The minimum absolute atomic E-state index is 0.185. The first-order valence-electron chi connectivity index (χ1n) is 7.28. The molecule has 0 unspecified atom stereocenters. The largest absolute Gasteiger partial charge is 0.369 e. The SMILES string of the molecule is O=C1C=CC2=C(C1)Sc1cc(N3CCNCC3)ccc1N2. The van der Waals surface area contributed by atoms with Crippen LogP contribution in [-0.4, -0.2) is 32.0 Å². The van der Waals surface area contributed by atoms with Gasteiger partial charge in [0.05, 0.1) is 5.69 Å². The van der Waals surface area contributed by atoms with Gasteiger partial charge in [-0.25, -0.2) is 0 Å². The van der Waals surface area contributed by atoms with E-state index in [0.29, 0.717) is 6.42 Å². The van der Waals surface area contributed by atoms with Crippen LogP contribution in [0.1, 0.15) is 6.42 Å². The lowest BCUT2D eigenvalue weighted by Crippen LogP contribution is -2.43. The van der Waals surface area contributed by atoms with Gasteiger partial charge in [0.1, 0.15) is 0 Å². The van der Waals surface area contributed by atoms with Gasteiger partial charge in [-0.1, -0.05) is 11.8 Å². The van der Waals surface area contributed by atoms with E-state index in [1.165, 1.54) is 10.6 Å².